The van der Waals surface area contributed by atoms with Crippen molar-refractivity contribution >= 4 is 29.9 Å². The Bertz CT molecular complexity index is 216. The van der Waals surface area contributed by atoms with Crippen LogP contribution in [-0.4, -0.2) is 50.8 Å². The second kappa shape index (κ2) is 9.94. The van der Waals surface area contributed by atoms with Crippen LogP contribution in [0.1, 0.15) is 26.7 Å². The number of halogens is 1. The van der Waals surface area contributed by atoms with Crippen molar-refractivity contribution in [3.63, 3.8) is 0 Å². The smallest absolute Gasteiger partial charge is 0.193 e. The fourth-order valence-corrected chi connectivity index (χ4v) is 1.89. The van der Waals surface area contributed by atoms with Crippen LogP contribution in [0.3, 0.4) is 0 Å². The highest BCUT2D eigenvalue weighted by Gasteiger charge is 2.18. The van der Waals surface area contributed by atoms with Crippen molar-refractivity contribution in [3.8, 4) is 0 Å². The SMILES string of the molecule is CCNC(=NCCOC)N1CCC(C)CC1.I. The highest BCUT2D eigenvalue weighted by molar-refractivity contribution is 14.0. The Balaban J connectivity index is 0.00000256. The topological polar surface area (TPSA) is 36.9 Å². The van der Waals surface area contributed by atoms with Crippen molar-refractivity contribution in [3.05, 3.63) is 0 Å². The maximum Gasteiger partial charge on any atom is 0.193 e. The molecule has 0 aromatic heterocycles. The van der Waals surface area contributed by atoms with Crippen LogP contribution in [0.25, 0.3) is 0 Å². The van der Waals surface area contributed by atoms with E-state index >= 15 is 0 Å². The van der Waals surface area contributed by atoms with Gasteiger partial charge in [-0.3, -0.25) is 4.99 Å². The molecular formula is C12H26IN3O. The summed E-state index contributed by atoms with van der Waals surface area (Å²) >= 11 is 0. The van der Waals surface area contributed by atoms with Crippen LogP contribution >= 0.6 is 24.0 Å². The number of rotatable bonds is 4. The first-order valence-electron chi connectivity index (χ1n) is 6.30. The van der Waals surface area contributed by atoms with Gasteiger partial charge in [0.1, 0.15) is 0 Å². The van der Waals surface area contributed by atoms with Crippen LogP contribution in [0.15, 0.2) is 4.99 Å². The van der Waals surface area contributed by atoms with Gasteiger partial charge in [-0.1, -0.05) is 6.92 Å². The lowest BCUT2D eigenvalue weighted by Crippen LogP contribution is -2.45. The highest BCUT2D eigenvalue weighted by Crippen LogP contribution is 2.15. The van der Waals surface area contributed by atoms with Crippen molar-refractivity contribution in [1.82, 2.24) is 10.2 Å². The zero-order chi connectivity index (χ0) is 11.8. The van der Waals surface area contributed by atoms with Crippen molar-refractivity contribution in [1.29, 1.82) is 0 Å². The number of guanidine groups is 1. The Labute approximate surface area is 122 Å². The van der Waals surface area contributed by atoms with Crippen LogP contribution in [0.4, 0.5) is 0 Å². The Morgan fingerprint density at radius 1 is 1.41 bits per heavy atom. The third-order valence-electron chi connectivity index (χ3n) is 2.98. The van der Waals surface area contributed by atoms with Crippen molar-refractivity contribution in [2.24, 2.45) is 10.9 Å². The Morgan fingerprint density at radius 3 is 2.59 bits per heavy atom. The molecule has 1 aliphatic rings. The lowest BCUT2D eigenvalue weighted by Gasteiger charge is -2.32. The number of aliphatic imine (C=N–C) groups is 1. The summed E-state index contributed by atoms with van der Waals surface area (Å²) < 4.78 is 5.02. The van der Waals surface area contributed by atoms with Gasteiger partial charge in [-0.15, -0.1) is 24.0 Å². The van der Waals surface area contributed by atoms with E-state index < -0.39 is 0 Å². The van der Waals surface area contributed by atoms with E-state index in [0.29, 0.717) is 6.61 Å². The minimum absolute atomic E-state index is 0. The normalized spacial score (nSPS) is 17.8. The number of ether oxygens (including phenoxy) is 1. The number of nitrogens with zero attached hydrogens (tertiary/aromatic N) is 2. The third kappa shape index (κ3) is 6.45. The molecule has 0 bridgehead atoms. The minimum Gasteiger partial charge on any atom is -0.383 e. The van der Waals surface area contributed by atoms with Gasteiger partial charge in [0.15, 0.2) is 5.96 Å². The van der Waals surface area contributed by atoms with Gasteiger partial charge in [-0.05, 0) is 25.7 Å². The molecule has 1 N–H and O–H groups in total. The Hall–Kier alpha value is -0.0400. The van der Waals surface area contributed by atoms with Gasteiger partial charge >= 0.3 is 0 Å². The second-order valence-corrected chi connectivity index (χ2v) is 4.40. The van der Waals surface area contributed by atoms with E-state index in [1.54, 1.807) is 7.11 Å². The summed E-state index contributed by atoms with van der Waals surface area (Å²) in [6, 6.07) is 0. The van der Waals surface area contributed by atoms with E-state index in [4.69, 9.17) is 4.74 Å². The number of piperidine rings is 1. The fraction of sp³-hybridized carbons (Fsp3) is 0.917. The predicted molar refractivity (Wildman–Crippen MR) is 83.2 cm³/mol. The average molecular weight is 355 g/mol. The minimum atomic E-state index is 0. The number of hydrogen-bond donors (Lipinski definition) is 1. The lowest BCUT2D eigenvalue weighted by atomic mass is 10.00. The predicted octanol–water partition coefficient (Wildman–Crippen LogP) is 1.95. The second-order valence-electron chi connectivity index (χ2n) is 4.40. The van der Waals surface area contributed by atoms with Crippen molar-refractivity contribution < 1.29 is 4.74 Å². The first-order chi connectivity index (χ1) is 7.77. The van der Waals surface area contributed by atoms with E-state index in [1.165, 1.54) is 12.8 Å². The molecule has 0 aromatic carbocycles. The van der Waals surface area contributed by atoms with Crippen LogP contribution in [0.5, 0.6) is 0 Å². The summed E-state index contributed by atoms with van der Waals surface area (Å²) in [6.07, 6.45) is 2.55. The van der Waals surface area contributed by atoms with E-state index in [1.807, 2.05) is 0 Å². The lowest BCUT2D eigenvalue weighted by molar-refractivity contribution is 0.207. The van der Waals surface area contributed by atoms with Crippen LogP contribution < -0.4 is 5.32 Å². The van der Waals surface area contributed by atoms with Gasteiger partial charge in [0, 0.05) is 26.7 Å². The maximum absolute atomic E-state index is 5.02. The molecule has 1 heterocycles. The molecule has 0 aromatic rings. The summed E-state index contributed by atoms with van der Waals surface area (Å²) in [7, 11) is 1.71. The number of likely N-dealkylation sites (tertiary alicyclic amines) is 1. The van der Waals surface area contributed by atoms with Crippen molar-refractivity contribution in [2.75, 3.05) is 39.9 Å². The molecule has 1 saturated heterocycles. The summed E-state index contributed by atoms with van der Waals surface area (Å²) in [5, 5.41) is 3.35. The van der Waals surface area contributed by atoms with E-state index in [0.717, 1.165) is 38.1 Å². The molecular weight excluding hydrogens is 329 g/mol. The number of hydrogen-bond acceptors (Lipinski definition) is 2. The van der Waals surface area contributed by atoms with Gasteiger partial charge in [-0.2, -0.15) is 0 Å². The van der Waals surface area contributed by atoms with Crippen LogP contribution in [-0.2, 0) is 4.74 Å². The first-order valence-corrected chi connectivity index (χ1v) is 6.30. The molecule has 0 saturated carbocycles. The number of methoxy groups -OCH3 is 1. The molecule has 0 spiro atoms. The van der Waals surface area contributed by atoms with E-state index in [2.05, 4.69) is 29.1 Å². The van der Waals surface area contributed by atoms with Crippen LogP contribution in [0.2, 0.25) is 0 Å². The van der Waals surface area contributed by atoms with Gasteiger partial charge in [0.05, 0.1) is 13.2 Å². The molecule has 1 aliphatic heterocycles. The third-order valence-corrected chi connectivity index (χ3v) is 2.98. The van der Waals surface area contributed by atoms with Crippen molar-refractivity contribution in [2.45, 2.75) is 26.7 Å². The Kier molecular flexibility index (Phi) is 9.91. The fourth-order valence-electron chi connectivity index (χ4n) is 1.89. The first kappa shape index (κ1) is 17.0. The van der Waals surface area contributed by atoms with Gasteiger partial charge < -0.3 is 15.0 Å². The molecule has 17 heavy (non-hydrogen) atoms. The molecule has 5 heteroatoms. The average Bonchev–Trinajstić information content (AvgIpc) is 2.29. The molecule has 102 valence electrons. The van der Waals surface area contributed by atoms with Gasteiger partial charge in [0.25, 0.3) is 0 Å². The maximum atomic E-state index is 5.02. The molecule has 4 nitrogen and oxygen atoms in total. The summed E-state index contributed by atoms with van der Waals surface area (Å²) in [6.45, 7) is 9.05. The van der Waals surface area contributed by atoms with Crippen LogP contribution in [0, 0.1) is 5.92 Å². The van der Waals surface area contributed by atoms with E-state index in [-0.39, 0.29) is 24.0 Å². The molecule has 0 aliphatic carbocycles. The molecule has 0 amide bonds. The quantitative estimate of drug-likeness (QED) is 0.363. The molecule has 0 atom stereocenters. The Morgan fingerprint density at radius 2 is 2.06 bits per heavy atom. The summed E-state index contributed by atoms with van der Waals surface area (Å²) in [5.41, 5.74) is 0. The molecule has 0 radical (unpaired) electrons. The molecule has 1 rings (SSSR count). The zero-order valence-corrected chi connectivity index (χ0v) is 13.6. The number of nitrogens with one attached hydrogen (secondary N) is 1. The molecule has 1 fully saturated rings. The summed E-state index contributed by atoms with van der Waals surface area (Å²) in [5.74, 6) is 1.91. The zero-order valence-electron chi connectivity index (χ0n) is 11.2. The van der Waals surface area contributed by atoms with Gasteiger partial charge in [-0.25, -0.2) is 0 Å². The largest absolute Gasteiger partial charge is 0.383 e. The standard InChI is InChI=1S/C12H25N3O.HI/c1-4-13-12(14-7-10-16-3)15-8-5-11(2)6-9-15;/h11H,4-10H2,1-3H3,(H,13,14);1H. The van der Waals surface area contributed by atoms with Gasteiger partial charge in [0.2, 0.25) is 0 Å². The highest BCUT2D eigenvalue weighted by atomic mass is 127. The van der Waals surface area contributed by atoms with E-state index in [9.17, 15) is 0 Å². The monoisotopic (exact) mass is 355 g/mol. The molecule has 0 unspecified atom stereocenters. The summed E-state index contributed by atoms with van der Waals surface area (Å²) in [4.78, 5) is 6.92.